The largest absolute Gasteiger partial charge is 0.401 e. The quantitative estimate of drug-likeness (QED) is 0.325. The van der Waals surface area contributed by atoms with Gasteiger partial charge in [0.1, 0.15) is 11.6 Å². The Balaban J connectivity index is 1.34. The Morgan fingerprint density at radius 1 is 0.919 bits per heavy atom. The van der Waals surface area contributed by atoms with E-state index in [4.69, 9.17) is 11.6 Å². The highest BCUT2D eigenvalue weighted by Gasteiger charge is 2.26. The van der Waals surface area contributed by atoms with Crippen LogP contribution in [0.5, 0.6) is 0 Å². The number of benzene rings is 3. The lowest BCUT2D eigenvalue weighted by Gasteiger charge is -2.40. The van der Waals surface area contributed by atoms with Crippen molar-refractivity contribution in [2.75, 3.05) is 32.7 Å². The lowest BCUT2D eigenvalue weighted by atomic mass is 9.96. The van der Waals surface area contributed by atoms with Gasteiger partial charge in [-0.3, -0.25) is 4.90 Å². The molecule has 1 heterocycles. The van der Waals surface area contributed by atoms with E-state index in [-0.39, 0.29) is 17.7 Å². The summed E-state index contributed by atoms with van der Waals surface area (Å²) < 4.78 is 40.9. The molecule has 0 aromatic heterocycles. The smallest absolute Gasteiger partial charge is 0.166 e. The van der Waals surface area contributed by atoms with Gasteiger partial charge in [0.2, 0.25) is 0 Å². The molecule has 0 radical (unpaired) electrons. The average Bonchev–Trinajstić information content (AvgIpc) is 2.90. The van der Waals surface area contributed by atoms with Gasteiger partial charge in [0, 0.05) is 51.0 Å². The molecule has 1 aliphatic rings. The van der Waals surface area contributed by atoms with E-state index in [9.17, 15) is 13.0 Å². The molecule has 37 heavy (non-hydrogen) atoms. The second kappa shape index (κ2) is 12.4. The standard InChI is InChI=1S/C28H33F2N5OS/c1-21-2-12-27(13-3-21)37(36)35(32)20-26(31)14-15-33-16-18-34(19-17-33)28(22-4-8-24(29)9-5-22)23-6-10-25(30)11-7-23/h2-13,20,28H,14-19,31-32H2,1H3/b26-20-. The maximum atomic E-state index is 13.6. The van der Waals surface area contributed by atoms with Crippen LogP contribution in [0.25, 0.3) is 0 Å². The molecule has 1 saturated heterocycles. The van der Waals surface area contributed by atoms with E-state index >= 15 is 0 Å². The predicted molar refractivity (Wildman–Crippen MR) is 143 cm³/mol. The summed E-state index contributed by atoms with van der Waals surface area (Å²) in [7, 11) is -1.53. The van der Waals surface area contributed by atoms with Gasteiger partial charge in [0.05, 0.1) is 10.9 Å². The number of piperazine rings is 1. The monoisotopic (exact) mass is 525 g/mol. The molecule has 0 aliphatic carbocycles. The minimum Gasteiger partial charge on any atom is -0.401 e. The molecular formula is C28H33F2N5OS. The Morgan fingerprint density at radius 2 is 1.43 bits per heavy atom. The fourth-order valence-electron chi connectivity index (χ4n) is 4.49. The first-order chi connectivity index (χ1) is 17.8. The maximum Gasteiger partial charge on any atom is 0.166 e. The SMILES string of the molecule is Cc1ccc(S(=O)N(N)/C=C(\N)CCN2CCN(C(c3ccc(F)cc3)c3ccc(F)cc3)CC2)cc1. The molecule has 1 atom stereocenters. The zero-order valence-corrected chi connectivity index (χ0v) is 21.7. The van der Waals surface area contributed by atoms with Crippen molar-refractivity contribution >= 4 is 11.0 Å². The Hall–Kier alpha value is -3.11. The van der Waals surface area contributed by atoms with Crippen molar-refractivity contribution in [3.8, 4) is 0 Å². The molecule has 1 aliphatic heterocycles. The van der Waals surface area contributed by atoms with Gasteiger partial charge < -0.3 is 10.6 Å². The van der Waals surface area contributed by atoms with E-state index in [2.05, 4.69) is 9.80 Å². The molecule has 0 bridgehead atoms. The highest BCUT2D eigenvalue weighted by molar-refractivity contribution is 7.82. The molecule has 1 fully saturated rings. The summed E-state index contributed by atoms with van der Waals surface area (Å²) in [5.74, 6) is 5.42. The Morgan fingerprint density at radius 3 is 1.95 bits per heavy atom. The van der Waals surface area contributed by atoms with Gasteiger partial charge in [-0.05, 0) is 54.4 Å². The molecular weight excluding hydrogens is 492 g/mol. The van der Waals surface area contributed by atoms with Crippen molar-refractivity contribution in [3.05, 3.63) is 113 Å². The zero-order chi connectivity index (χ0) is 26.4. The highest BCUT2D eigenvalue weighted by Crippen LogP contribution is 2.30. The van der Waals surface area contributed by atoms with Gasteiger partial charge in [-0.1, -0.05) is 42.0 Å². The molecule has 1 unspecified atom stereocenters. The minimum absolute atomic E-state index is 0.0872. The van der Waals surface area contributed by atoms with Crippen molar-refractivity contribution in [1.82, 2.24) is 14.2 Å². The third kappa shape index (κ3) is 7.23. The predicted octanol–water partition coefficient (Wildman–Crippen LogP) is 4.07. The van der Waals surface area contributed by atoms with Gasteiger partial charge in [-0.2, -0.15) is 0 Å². The van der Waals surface area contributed by atoms with Gasteiger partial charge in [0.15, 0.2) is 11.0 Å². The number of halogens is 2. The van der Waals surface area contributed by atoms with Gasteiger partial charge >= 0.3 is 0 Å². The topological polar surface area (TPSA) is 78.8 Å². The van der Waals surface area contributed by atoms with Crippen molar-refractivity contribution in [2.24, 2.45) is 11.6 Å². The van der Waals surface area contributed by atoms with Gasteiger partial charge in [0.25, 0.3) is 0 Å². The summed E-state index contributed by atoms with van der Waals surface area (Å²) in [6.45, 7) is 5.96. The van der Waals surface area contributed by atoms with Crippen molar-refractivity contribution in [2.45, 2.75) is 24.3 Å². The van der Waals surface area contributed by atoms with E-state index in [0.29, 0.717) is 17.0 Å². The van der Waals surface area contributed by atoms with Crippen LogP contribution in [-0.2, 0) is 11.0 Å². The van der Waals surface area contributed by atoms with E-state index in [1.54, 1.807) is 36.4 Å². The number of rotatable bonds is 9. The average molecular weight is 526 g/mol. The number of nitrogens with zero attached hydrogens (tertiary/aromatic N) is 3. The van der Waals surface area contributed by atoms with E-state index in [1.165, 1.54) is 30.5 Å². The fourth-order valence-corrected chi connectivity index (χ4v) is 5.33. The number of hydrogen-bond acceptors (Lipinski definition) is 5. The van der Waals surface area contributed by atoms with Crippen LogP contribution < -0.4 is 11.6 Å². The molecule has 6 nitrogen and oxygen atoms in total. The number of nitrogens with two attached hydrogens (primary N) is 2. The zero-order valence-electron chi connectivity index (χ0n) is 20.9. The molecule has 4 N–H and O–H groups in total. The molecule has 3 aromatic rings. The second-order valence-corrected chi connectivity index (χ2v) is 10.7. The maximum absolute atomic E-state index is 13.6. The summed E-state index contributed by atoms with van der Waals surface area (Å²) in [6.07, 6.45) is 2.13. The van der Waals surface area contributed by atoms with Crippen LogP contribution in [0.1, 0.15) is 29.2 Å². The second-order valence-electron chi connectivity index (χ2n) is 9.26. The van der Waals surface area contributed by atoms with Crippen molar-refractivity contribution < 1.29 is 13.0 Å². The van der Waals surface area contributed by atoms with E-state index in [0.717, 1.165) is 53.8 Å². The van der Waals surface area contributed by atoms with Crippen LogP contribution in [0.15, 0.2) is 89.6 Å². The summed E-state index contributed by atoms with van der Waals surface area (Å²) in [5, 5.41) is 0. The normalized spacial score (nSPS) is 16.2. The number of hydrogen-bond donors (Lipinski definition) is 2. The third-order valence-electron chi connectivity index (χ3n) is 6.57. The molecule has 9 heteroatoms. The van der Waals surface area contributed by atoms with Crippen LogP contribution in [-0.4, -0.2) is 51.1 Å². The first kappa shape index (κ1) is 26.9. The Kier molecular flexibility index (Phi) is 9.04. The van der Waals surface area contributed by atoms with Crippen LogP contribution in [0.4, 0.5) is 8.78 Å². The molecule has 0 amide bonds. The van der Waals surface area contributed by atoms with E-state index < -0.39 is 11.0 Å². The van der Waals surface area contributed by atoms with Gasteiger partial charge in [-0.25, -0.2) is 23.2 Å². The Bertz CT molecular complexity index is 1170. The summed E-state index contributed by atoms with van der Waals surface area (Å²) in [6, 6.07) is 20.3. The first-order valence-corrected chi connectivity index (χ1v) is 13.4. The molecule has 196 valence electrons. The highest BCUT2D eigenvalue weighted by atomic mass is 32.2. The van der Waals surface area contributed by atoms with Crippen LogP contribution >= 0.6 is 0 Å². The lowest BCUT2D eigenvalue weighted by Crippen LogP contribution is -2.48. The molecule has 0 saturated carbocycles. The lowest BCUT2D eigenvalue weighted by molar-refractivity contribution is 0.110. The van der Waals surface area contributed by atoms with Crippen molar-refractivity contribution in [1.29, 1.82) is 0 Å². The summed E-state index contributed by atoms with van der Waals surface area (Å²) >= 11 is 0. The van der Waals surface area contributed by atoms with Crippen LogP contribution in [0.2, 0.25) is 0 Å². The fraction of sp³-hybridized carbons (Fsp3) is 0.286. The minimum atomic E-state index is -1.53. The first-order valence-electron chi connectivity index (χ1n) is 12.3. The van der Waals surface area contributed by atoms with Crippen molar-refractivity contribution in [3.63, 3.8) is 0 Å². The van der Waals surface area contributed by atoms with Gasteiger partial charge in [-0.15, -0.1) is 0 Å². The summed E-state index contributed by atoms with van der Waals surface area (Å²) in [4.78, 5) is 5.27. The van der Waals surface area contributed by atoms with Crippen LogP contribution in [0.3, 0.4) is 0 Å². The number of aryl methyl sites for hydroxylation is 1. The van der Waals surface area contributed by atoms with E-state index in [1.807, 2.05) is 19.1 Å². The molecule has 4 rings (SSSR count). The molecule has 0 spiro atoms. The summed E-state index contributed by atoms with van der Waals surface area (Å²) in [5.41, 5.74) is 9.77. The van der Waals surface area contributed by atoms with Crippen LogP contribution in [0, 0.1) is 18.6 Å². The Labute approximate surface area is 219 Å². The third-order valence-corrected chi connectivity index (χ3v) is 7.73. The number of hydrazine groups is 1. The molecule has 3 aromatic carbocycles.